The minimum Gasteiger partial charge on any atom is -0.425 e. The molecule has 1 fully saturated rings. The molecule has 0 N–H and O–H groups in total. The van der Waals surface area contributed by atoms with Crippen LogP contribution in [-0.4, -0.2) is 5.97 Å². The lowest BCUT2D eigenvalue weighted by Crippen LogP contribution is -2.36. The van der Waals surface area contributed by atoms with Crippen LogP contribution in [0, 0.1) is 5.41 Å². The van der Waals surface area contributed by atoms with Crippen LogP contribution < -0.4 is 0 Å². The van der Waals surface area contributed by atoms with Crippen molar-refractivity contribution < 1.29 is 9.53 Å². The van der Waals surface area contributed by atoms with E-state index in [1.807, 2.05) is 18.2 Å². The summed E-state index contributed by atoms with van der Waals surface area (Å²) in [5.41, 5.74) is 0.788. The van der Waals surface area contributed by atoms with E-state index >= 15 is 0 Å². The van der Waals surface area contributed by atoms with Gasteiger partial charge in [0.05, 0.1) is 5.41 Å². The van der Waals surface area contributed by atoms with Crippen LogP contribution in [-0.2, 0) is 9.53 Å². The smallest absolute Gasteiger partial charge is 0.321 e. The molecule has 1 saturated carbocycles. The summed E-state index contributed by atoms with van der Waals surface area (Å²) in [6.07, 6.45) is 13.4. The SMILES string of the molecule is O=C1OC2=CC=CC2=CC12CCCCC2. The largest absolute Gasteiger partial charge is 0.425 e. The zero-order valence-electron chi connectivity index (χ0n) is 8.66. The average molecular weight is 202 g/mol. The monoisotopic (exact) mass is 202 g/mol. The van der Waals surface area contributed by atoms with Crippen LogP contribution >= 0.6 is 0 Å². The number of ether oxygens (including phenoxy) is 1. The van der Waals surface area contributed by atoms with E-state index in [9.17, 15) is 4.79 Å². The number of rotatable bonds is 0. The Morgan fingerprint density at radius 2 is 2.00 bits per heavy atom. The first-order valence-corrected chi connectivity index (χ1v) is 5.64. The van der Waals surface area contributed by atoms with Crippen LogP contribution in [0.15, 0.2) is 35.6 Å². The Kier molecular flexibility index (Phi) is 1.84. The summed E-state index contributed by atoms with van der Waals surface area (Å²) < 4.78 is 5.39. The highest BCUT2D eigenvalue weighted by Crippen LogP contribution is 2.44. The predicted octanol–water partition coefficient (Wildman–Crippen LogP) is 2.87. The highest BCUT2D eigenvalue weighted by molar-refractivity contribution is 5.84. The average Bonchev–Trinajstić information content (AvgIpc) is 2.67. The molecule has 78 valence electrons. The molecule has 3 rings (SSSR count). The highest BCUT2D eigenvalue weighted by atomic mass is 16.5. The number of hydrogen-bond donors (Lipinski definition) is 0. The minimum atomic E-state index is -0.306. The van der Waals surface area contributed by atoms with Crippen molar-refractivity contribution in [2.75, 3.05) is 0 Å². The highest BCUT2D eigenvalue weighted by Gasteiger charge is 2.43. The molecule has 0 radical (unpaired) electrons. The van der Waals surface area contributed by atoms with Crippen molar-refractivity contribution in [3.63, 3.8) is 0 Å². The van der Waals surface area contributed by atoms with Crippen molar-refractivity contribution in [1.82, 2.24) is 0 Å². The summed E-state index contributed by atoms with van der Waals surface area (Å²) in [6, 6.07) is 0. The van der Waals surface area contributed by atoms with E-state index in [1.165, 1.54) is 6.42 Å². The van der Waals surface area contributed by atoms with E-state index in [0.29, 0.717) is 0 Å². The molecular weight excluding hydrogens is 188 g/mol. The van der Waals surface area contributed by atoms with Crippen LogP contribution in [0.3, 0.4) is 0 Å². The molecular formula is C13H14O2. The van der Waals surface area contributed by atoms with E-state index in [0.717, 1.165) is 37.0 Å². The zero-order chi connectivity index (χ0) is 10.3. The van der Waals surface area contributed by atoms with E-state index in [1.54, 1.807) is 0 Å². The minimum absolute atomic E-state index is 0.0408. The van der Waals surface area contributed by atoms with Crippen molar-refractivity contribution in [2.24, 2.45) is 5.41 Å². The van der Waals surface area contributed by atoms with Gasteiger partial charge in [-0.25, -0.2) is 0 Å². The topological polar surface area (TPSA) is 26.3 Å². The molecule has 1 aliphatic heterocycles. The van der Waals surface area contributed by atoms with Gasteiger partial charge in [0.25, 0.3) is 0 Å². The molecule has 0 aromatic carbocycles. The molecule has 2 heteroatoms. The Bertz CT molecular complexity index is 393. The Hall–Kier alpha value is -1.31. The van der Waals surface area contributed by atoms with Gasteiger partial charge in [-0.15, -0.1) is 0 Å². The molecule has 0 aromatic heterocycles. The van der Waals surface area contributed by atoms with E-state index < -0.39 is 0 Å². The van der Waals surface area contributed by atoms with Gasteiger partial charge >= 0.3 is 5.97 Å². The van der Waals surface area contributed by atoms with Crippen molar-refractivity contribution in [3.05, 3.63) is 35.6 Å². The molecule has 15 heavy (non-hydrogen) atoms. The third-order valence-corrected chi connectivity index (χ3v) is 3.59. The molecule has 3 aliphatic rings. The van der Waals surface area contributed by atoms with Gasteiger partial charge in [-0.3, -0.25) is 4.79 Å². The third-order valence-electron chi connectivity index (χ3n) is 3.59. The van der Waals surface area contributed by atoms with E-state index in [4.69, 9.17) is 4.74 Å². The number of carbonyl (C=O) groups excluding carboxylic acids is 1. The van der Waals surface area contributed by atoms with Crippen LogP contribution in [0.25, 0.3) is 0 Å². The summed E-state index contributed by atoms with van der Waals surface area (Å²) in [4.78, 5) is 12.0. The lowest BCUT2D eigenvalue weighted by Gasteiger charge is -2.35. The second kappa shape index (κ2) is 3.09. The van der Waals surface area contributed by atoms with Gasteiger partial charge in [-0.2, -0.15) is 0 Å². The first kappa shape index (κ1) is 8.96. The number of esters is 1. The second-order valence-electron chi connectivity index (χ2n) is 4.60. The van der Waals surface area contributed by atoms with Crippen LogP contribution in [0.2, 0.25) is 0 Å². The molecule has 0 unspecified atom stereocenters. The summed E-state index contributed by atoms with van der Waals surface area (Å²) in [7, 11) is 0. The summed E-state index contributed by atoms with van der Waals surface area (Å²) >= 11 is 0. The van der Waals surface area contributed by atoms with Gasteiger partial charge in [0.1, 0.15) is 5.76 Å². The molecule has 1 spiro atoms. The normalized spacial score (nSPS) is 27.1. The molecule has 0 saturated heterocycles. The quantitative estimate of drug-likeness (QED) is 0.564. The first-order chi connectivity index (χ1) is 7.30. The van der Waals surface area contributed by atoms with E-state index in [-0.39, 0.29) is 11.4 Å². The molecule has 1 heterocycles. The maximum absolute atomic E-state index is 12.0. The van der Waals surface area contributed by atoms with Gasteiger partial charge in [-0.1, -0.05) is 37.5 Å². The summed E-state index contributed by atoms with van der Waals surface area (Å²) in [6.45, 7) is 0. The lowest BCUT2D eigenvalue weighted by atomic mass is 9.72. The van der Waals surface area contributed by atoms with Crippen molar-refractivity contribution in [3.8, 4) is 0 Å². The maximum atomic E-state index is 12.0. The van der Waals surface area contributed by atoms with Gasteiger partial charge in [0, 0.05) is 5.57 Å². The second-order valence-corrected chi connectivity index (χ2v) is 4.60. The molecule has 0 atom stereocenters. The van der Waals surface area contributed by atoms with Gasteiger partial charge in [0.2, 0.25) is 0 Å². The van der Waals surface area contributed by atoms with E-state index in [2.05, 4.69) is 6.08 Å². The van der Waals surface area contributed by atoms with Gasteiger partial charge in [-0.05, 0) is 18.9 Å². The first-order valence-electron chi connectivity index (χ1n) is 5.64. The van der Waals surface area contributed by atoms with Crippen LogP contribution in [0.1, 0.15) is 32.1 Å². The van der Waals surface area contributed by atoms with Gasteiger partial charge in [0.15, 0.2) is 0 Å². The van der Waals surface area contributed by atoms with Crippen molar-refractivity contribution in [2.45, 2.75) is 32.1 Å². The standard InChI is InChI=1S/C13H14O2/c14-12-13(7-2-1-3-8-13)9-10-5-4-6-11(10)15-12/h4-6,9H,1-3,7-8H2. The number of fused-ring (bicyclic) bond motifs is 1. The van der Waals surface area contributed by atoms with Crippen LogP contribution in [0.5, 0.6) is 0 Å². The predicted molar refractivity (Wildman–Crippen MR) is 56.9 cm³/mol. The molecule has 0 aromatic rings. The number of hydrogen-bond acceptors (Lipinski definition) is 2. The van der Waals surface area contributed by atoms with Crippen LogP contribution in [0.4, 0.5) is 0 Å². The van der Waals surface area contributed by atoms with Crippen molar-refractivity contribution in [1.29, 1.82) is 0 Å². The molecule has 2 nitrogen and oxygen atoms in total. The third kappa shape index (κ3) is 1.28. The Balaban J connectivity index is 2.01. The lowest BCUT2D eigenvalue weighted by molar-refractivity contribution is -0.151. The summed E-state index contributed by atoms with van der Waals surface area (Å²) in [5, 5.41) is 0. The summed E-state index contributed by atoms with van der Waals surface area (Å²) in [5.74, 6) is 0.692. The van der Waals surface area contributed by atoms with Gasteiger partial charge < -0.3 is 4.74 Å². The Labute approximate surface area is 89.3 Å². The fourth-order valence-electron chi connectivity index (χ4n) is 2.72. The Morgan fingerprint density at radius 3 is 2.80 bits per heavy atom. The molecule has 0 bridgehead atoms. The fraction of sp³-hybridized carbons (Fsp3) is 0.462. The number of allylic oxidation sites excluding steroid dienone is 3. The maximum Gasteiger partial charge on any atom is 0.321 e. The van der Waals surface area contributed by atoms with Crippen molar-refractivity contribution >= 4 is 5.97 Å². The zero-order valence-corrected chi connectivity index (χ0v) is 8.66. The molecule has 0 amide bonds. The fourth-order valence-corrected chi connectivity index (χ4v) is 2.72. The molecule has 2 aliphatic carbocycles. The Morgan fingerprint density at radius 1 is 1.20 bits per heavy atom. The number of carbonyl (C=O) groups is 1.